The van der Waals surface area contributed by atoms with Crippen LogP contribution in [0.3, 0.4) is 0 Å². The number of hydrogen-bond acceptors (Lipinski definition) is 1. The molecule has 1 unspecified atom stereocenters. The van der Waals surface area contributed by atoms with Gasteiger partial charge < -0.3 is 5.11 Å². The molecule has 0 radical (unpaired) electrons. The molecule has 0 aliphatic carbocycles. The first-order valence-electron chi connectivity index (χ1n) is 6.89. The maximum absolute atomic E-state index is 10.7. The predicted octanol–water partition coefficient (Wildman–Crippen LogP) is 4.60. The van der Waals surface area contributed by atoms with Gasteiger partial charge in [0.2, 0.25) is 0 Å². The van der Waals surface area contributed by atoms with Gasteiger partial charge in [-0.05, 0) is 55.2 Å². The highest BCUT2D eigenvalue weighted by Crippen LogP contribution is 2.24. The van der Waals surface area contributed by atoms with Gasteiger partial charge in [-0.25, -0.2) is 0 Å². The molecule has 0 aromatic heterocycles. The molecule has 0 fully saturated rings. The van der Waals surface area contributed by atoms with E-state index in [0.29, 0.717) is 12.8 Å². The third-order valence-electron chi connectivity index (χ3n) is 3.70. The number of aliphatic hydroxyl groups is 1. The summed E-state index contributed by atoms with van der Waals surface area (Å²) in [5, 5.41) is 10.7. The predicted molar refractivity (Wildman–Crippen MR) is 88.1 cm³/mol. The van der Waals surface area contributed by atoms with Crippen molar-refractivity contribution in [3.05, 3.63) is 69.2 Å². The molecule has 0 bridgehead atoms. The summed E-state index contributed by atoms with van der Waals surface area (Å²) < 4.78 is 1.07. The molecule has 1 atom stereocenters. The number of hydrogen-bond donors (Lipinski definition) is 1. The van der Waals surface area contributed by atoms with E-state index in [0.717, 1.165) is 10.0 Å². The fourth-order valence-electron chi connectivity index (χ4n) is 2.61. The highest BCUT2D eigenvalue weighted by atomic mass is 79.9. The SMILES string of the molecule is Cc1cccc(C)c1CC(C)(O)Cc1ccc(Br)cc1. The number of halogens is 1. The monoisotopic (exact) mass is 332 g/mol. The number of rotatable bonds is 4. The van der Waals surface area contributed by atoms with Gasteiger partial charge in [0, 0.05) is 17.3 Å². The van der Waals surface area contributed by atoms with E-state index < -0.39 is 5.60 Å². The van der Waals surface area contributed by atoms with E-state index in [-0.39, 0.29) is 0 Å². The average molecular weight is 333 g/mol. The van der Waals surface area contributed by atoms with Crippen LogP contribution in [0.15, 0.2) is 46.9 Å². The van der Waals surface area contributed by atoms with Crippen molar-refractivity contribution in [1.29, 1.82) is 0 Å². The molecule has 0 saturated heterocycles. The summed E-state index contributed by atoms with van der Waals surface area (Å²) in [7, 11) is 0. The van der Waals surface area contributed by atoms with Crippen molar-refractivity contribution >= 4 is 15.9 Å². The van der Waals surface area contributed by atoms with Crippen LogP contribution in [0.4, 0.5) is 0 Å². The molecule has 1 nitrogen and oxygen atoms in total. The van der Waals surface area contributed by atoms with Gasteiger partial charge >= 0.3 is 0 Å². The molecule has 20 heavy (non-hydrogen) atoms. The Bertz CT molecular complexity index is 565. The van der Waals surface area contributed by atoms with Crippen LogP contribution < -0.4 is 0 Å². The van der Waals surface area contributed by atoms with E-state index in [9.17, 15) is 5.11 Å². The van der Waals surface area contributed by atoms with Crippen LogP contribution in [0.2, 0.25) is 0 Å². The van der Waals surface area contributed by atoms with Gasteiger partial charge in [0.15, 0.2) is 0 Å². The van der Waals surface area contributed by atoms with Gasteiger partial charge in [-0.15, -0.1) is 0 Å². The van der Waals surface area contributed by atoms with Crippen molar-refractivity contribution in [3.63, 3.8) is 0 Å². The summed E-state index contributed by atoms with van der Waals surface area (Å²) >= 11 is 3.44. The standard InChI is InChI=1S/C18H21BrO/c1-13-5-4-6-14(2)17(13)12-18(3,20)11-15-7-9-16(19)10-8-15/h4-10,20H,11-12H2,1-3H3. The largest absolute Gasteiger partial charge is 0.389 e. The third kappa shape index (κ3) is 3.94. The molecule has 1 N–H and O–H groups in total. The van der Waals surface area contributed by atoms with E-state index in [1.54, 1.807) is 0 Å². The van der Waals surface area contributed by atoms with Crippen LogP contribution in [0.25, 0.3) is 0 Å². The molecule has 2 aromatic rings. The lowest BCUT2D eigenvalue weighted by Gasteiger charge is -2.25. The Morgan fingerprint density at radius 3 is 2.05 bits per heavy atom. The maximum Gasteiger partial charge on any atom is 0.0700 e. The van der Waals surface area contributed by atoms with Crippen LogP contribution in [-0.2, 0) is 12.8 Å². The normalized spacial score (nSPS) is 14.1. The second-order valence-electron chi connectivity index (χ2n) is 5.85. The first kappa shape index (κ1) is 15.3. The fraction of sp³-hybridized carbons (Fsp3) is 0.333. The maximum atomic E-state index is 10.7. The fourth-order valence-corrected chi connectivity index (χ4v) is 2.88. The summed E-state index contributed by atoms with van der Waals surface area (Å²) in [6, 6.07) is 14.4. The molecule has 2 heteroatoms. The second kappa shape index (κ2) is 6.11. The van der Waals surface area contributed by atoms with Gasteiger partial charge in [0.25, 0.3) is 0 Å². The number of aryl methyl sites for hydroxylation is 2. The van der Waals surface area contributed by atoms with Crippen LogP contribution in [0.5, 0.6) is 0 Å². The summed E-state index contributed by atoms with van der Waals surface area (Å²) in [4.78, 5) is 0. The van der Waals surface area contributed by atoms with E-state index >= 15 is 0 Å². The number of benzene rings is 2. The molecule has 0 saturated carbocycles. The molecule has 2 rings (SSSR count). The quantitative estimate of drug-likeness (QED) is 0.867. The van der Waals surface area contributed by atoms with Crippen molar-refractivity contribution in [2.75, 3.05) is 0 Å². The lowest BCUT2D eigenvalue weighted by atomic mass is 9.86. The smallest absolute Gasteiger partial charge is 0.0700 e. The van der Waals surface area contributed by atoms with E-state index in [1.165, 1.54) is 16.7 Å². The Morgan fingerprint density at radius 1 is 0.950 bits per heavy atom. The molecule has 0 aliphatic rings. The first-order valence-corrected chi connectivity index (χ1v) is 7.69. The second-order valence-corrected chi connectivity index (χ2v) is 6.76. The summed E-state index contributed by atoms with van der Waals surface area (Å²) in [6.45, 7) is 6.14. The van der Waals surface area contributed by atoms with E-state index in [1.807, 2.05) is 19.1 Å². The van der Waals surface area contributed by atoms with E-state index in [2.05, 4.69) is 60.1 Å². The Balaban J connectivity index is 2.16. The van der Waals surface area contributed by atoms with Crippen LogP contribution in [0, 0.1) is 13.8 Å². The van der Waals surface area contributed by atoms with Crippen molar-refractivity contribution < 1.29 is 5.11 Å². The lowest BCUT2D eigenvalue weighted by Crippen LogP contribution is -2.30. The van der Waals surface area contributed by atoms with Crippen LogP contribution >= 0.6 is 15.9 Å². The summed E-state index contributed by atoms with van der Waals surface area (Å²) in [5.41, 5.74) is 4.19. The van der Waals surface area contributed by atoms with Crippen molar-refractivity contribution in [3.8, 4) is 0 Å². The van der Waals surface area contributed by atoms with Crippen LogP contribution in [-0.4, -0.2) is 10.7 Å². The minimum absolute atomic E-state index is 0.661. The molecule has 0 spiro atoms. The highest BCUT2D eigenvalue weighted by molar-refractivity contribution is 9.10. The first-order chi connectivity index (χ1) is 9.37. The molecular weight excluding hydrogens is 312 g/mol. The Morgan fingerprint density at radius 2 is 1.50 bits per heavy atom. The summed E-state index contributed by atoms with van der Waals surface area (Å²) in [5.74, 6) is 0. The Labute approximate surface area is 129 Å². The Kier molecular flexibility index (Phi) is 4.66. The lowest BCUT2D eigenvalue weighted by molar-refractivity contribution is 0.0605. The van der Waals surface area contributed by atoms with Crippen molar-refractivity contribution in [1.82, 2.24) is 0 Å². The van der Waals surface area contributed by atoms with Crippen molar-refractivity contribution in [2.24, 2.45) is 0 Å². The zero-order valence-electron chi connectivity index (χ0n) is 12.3. The zero-order valence-corrected chi connectivity index (χ0v) is 13.9. The Hall–Kier alpha value is -1.12. The minimum atomic E-state index is -0.731. The molecule has 106 valence electrons. The van der Waals surface area contributed by atoms with Gasteiger partial charge in [-0.1, -0.05) is 46.3 Å². The molecule has 0 aliphatic heterocycles. The summed E-state index contributed by atoms with van der Waals surface area (Å²) in [6.07, 6.45) is 1.34. The average Bonchev–Trinajstić information content (AvgIpc) is 2.37. The molecule has 2 aromatic carbocycles. The third-order valence-corrected chi connectivity index (χ3v) is 4.23. The zero-order chi connectivity index (χ0) is 14.8. The molecular formula is C18H21BrO. The van der Waals surface area contributed by atoms with Gasteiger partial charge in [0.05, 0.1) is 5.60 Å². The molecule has 0 amide bonds. The topological polar surface area (TPSA) is 20.2 Å². The van der Waals surface area contributed by atoms with Gasteiger partial charge in [-0.3, -0.25) is 0 Å². The van der Waals surface area contributed by atoms with Crippen molar-refractivity contribution in [2.45, 2.75) is 39.2 Å². The molecule has 0 heterocycles. The van der Waals surface area contributed by atoms with E-state index in [4.69, 9.17) is 0 Å². The highest BCUT2D eigenvalue weighted by Gasteiger charge is 2.23. The minimum Gasteiger partial charge on any atom is -0.389 e. The van der Waals surface area contributed by atoms with Gasteiger partial charge in [0.1, 0.15) is 0 Å². The van der Waals surface area contributed by atoms with Gasteiger partial charge in [-0.2, -0.15) is 0 Å². The van der Waals surface area contributed by atoms with Crippen LogP contribution in [0.1, 0.15) is 29.2 Å².